The van der Waals surface area contributed by atoms with Crippen molar-refractivity contribution in [2.75, 3.05) is 0 Å². The summed E-state index contributed by atoms with van der Waals surface area (Å²) in [5.41, 5.74) is 0.784. The molecule has 0 heterocycles. The smallest absolute Gasteiger partial charge is 0.314 e. The van der Waals surface area contributed by atoms with E-state index in [9.17, 15) is 14.7 Å². The topological polar surface area (TPSA) is 63.6 Å². The van der Waals surface area contributed by atoms with Gasteiger partial charge >= 0.3 is 5.97 Å². The van der Waals surface area contributed by atoms with Crippen molar-refractivity contribution >= 4 is 11.8 Å². The minimum atomic E-state index is -0.986. The molecule has 1 aliphatic carbocycles. The zero-order chi connectivity index (χ0) is 17.0. The molecule has 24 heavy (non-hydrogen) atoms. The number of carboxylic acid groups (broad SMARTS) is 1. The molecule has 1 saturated carbocycles. The Labute approximate surface area is 141 Å². The van der Waals surface area contributed by atoms with Crippen LogP contribution in [0.15, 0.2) is 54.6 Å². The van der Waals surface area contributed by atoms with Crippen molar-refractivity contribution in [1.29, 1.82) is 0 Å². The summed E-state index contributed by atoms with van der Waals surface area (Å²) in [7, 11) is 0. The van der Waals surface area contributed by atoms with Gasteiger partial charge in [0.15, 0.2) is 0 Å². The van der Waals surface area contributed by atoms with E-state index in [0.29, 0.717) is 43.6 Å². The Hall–Kier alpha value is -2.62. The van der Waals surface area contributed by atoms with Crippen molar-refractivity contribution in [3.05, 3.63) is 65.7 Å². The van der Waals surface area contributed by atoms with E-state index in [-0.39, 0.29) is 5.78 Å². The molecule has 4 nitrogen and oxygen atoms in total. The van der Waals surface area contributed by atoms with Crippen LogP contribution in [0.1, 0.15) is 36.8 Å². The van der Waals surface area contributed by atoms with Crippen LogP contribution in [0.3, 0.4) is 0 Å². The van der Waals surface area contributed by atoms with E-state index < -0.39 is 11.4 Å². The molecule has 1 N–H and O–H groups in total. The lowest BCUT2D eigenvalue weighted by Crippen LogP contribution is -2.39. The maximum absolute atomic E-state index is 11.9. The third-order valence-corrected chi connectivity index (χ3v) is 4.71. The van der Waals surface area contributed by atoms with Gasteiger partial charge in [0.1, 0.15) is 18.1 Å². The number of carbonyl (C=O) groups is 2. The lowest BCUT2D eigenvalue weighted by atomic mass is 9.69. The molecule has 0 radical (unpaired) electrons. The van der Waals surface area contributed by atoms with Crippen molar-refractivity contribution in [3.8, 4) is 5.75 Å². The summed E-state index contributed by atoms with van der Waals surface area (Å²) in [4.78, 5) is 23.4. The lowest BCUT2D eigenvalue weighted by molar-refractivity contribution is -0.146. The molecule has 0 spiro atoms. The molecule has 0 aliphatic heterocycles. The summed E-state index contributed by atoms with van der Waals surface area (Å²) in [6.07, 6.45) is 1.34. The van der Waals surface area contributed by atoms with Crippen LogP contribution in [0.4, 0.5) is 0 Å². The van der Waals surface area contributed by atoms with Gasteiger partial charge < -0.3 is 9.84 Å². The molecule has 3 rings (SSSR count). The number of ketones is 1. The molecule has 2 aromatic rings. The van der Waals surface area contributed by atoms with Crippen LogP contribution in [0.25, 0.3) is 0 Å². The van der Waals surface area contributed by atoms with Crippen molar-refractivity contribution in [1.82, 2.24) is 0 Å². The largest absolute Gasteiger partial charge is 0.489 e. The molecule has 0 aromatic heterocycles. The third kappa shape index (κ3) is 3.32. The predicted molar refractivity (Wildman–Crippen MR) is 90.0 cm³/mol. The van der Waals surface area contributed by atoms with Gasteiger partial charge in [0.2, 0.25) is 0 Å². The minimum absolute atomic E-state index is 0.142. The molecule has 0 unspecified atom stereocenters. The first-order valence-corrected chi connectivity index (χ1v) is 8.12. The van der Waals surface area contributed by atoms with Crippen molar-refractivity contribution < 1.29 is 19.4 Å². The SMILES string of the molecule is O=C1CCC(C(=O)O)(c2cccc(OCc3ccccc3)c2)CC1. The Balaban J connectivity index is 1.80. The Morgan fingerprint density at radius 3 is 2.42 bits per heavy atom. The summed E-state index contributed by atoms with van der Waals surface area (Å²) < 4.78 is 5.81. The molecule has 124 valence electrons. The number of aliphatic carboxylic acids is 1. The minimum Gasteiger partial charge on any atom is -0.489 e. The summed E-state index contributed by atoms with van der Waals surface area (Å²) in [6.45, 7) is 0.433. The molecule has 1 aliphatic rings. The second-order valence-electron chi connectivity index (χ2n) is 6.23. The van der Waals surface area contributed by atoms with Crippen LogP contribution in [0, 0.1) is 0 Å². The highest BCUT2D eigenvalue weighted by Crippen LogP contribution is 2.39. The number of benzene rings is 2. The van der Waals surface area contributed by atoms with E-state index in [1.807, 2.05) is 48.5 Å². The maximum Gasteiger partial charge on any atom is 0.314 e. The fourth-order valence-corrected chi connectivity index (χ4v) is 3.21. The van der Waals surface area contributed by atoms with Crippen molar-refractivity contribution in [2.24, 2.45) is 0 Å². The Morgan fingerprint density at radius 1 is 1.04 bits per heavy atom. The van der Waals surface area contributed by atoms with Crippen LogP contribution in [0.2, 0.25) is 0 Å². The van der Waals surface area contributed by atoms with Gasteiger partial charge in [-0.3, -0.25) is 9.59 Å². The number of Topliss-reactive ketones (excluding diaryl/α,β-unsaturated/α-hetero) is 1. The standard InChI is InChI=1S/C20H20O4/c21-17-9-11-20(12-10-17,19(22)23)16-7-4-8-18(13-16)24-14-15-5-2-1-3-6-15/h1-8,13H,9-12,14H2,(H,22,23). The molecule has 0 saturated heterocycles. The average molecular weight is 324 g/mol. The zero-order valence-electron chi connectivity index (χ0n) is 13.4. The van der Waals surface area contributed by atoms with Gasteiger partial charge in [-0.25, -0.2) is 0 Å². The van der Waals surface area contributed by atoms with Gasteiger partial charge in [-0.2, -0.15) is 0 Å². The summed E-state index contributed by atoms with van der Waals surface area (Å²) >= 11 is 0. The van der Waals surface area contributed by atoms with Crippen LogP contribution >= 0.6 is 0 Å². The third-order valence-electron chi connectivity index (χ3n) is 4.71. The number of ether oxygens (including phenoxy) is 1. The molecule has 1 fully saturated rings. The van der Waals surface area contributed by atoms with Crippen LogP contribution in [0.5, 0.6) is 5.75 Å². The second kappa shape index (κ2) is 6.87. The number of rotatable bonds is 5. The van der Waals surface area contributed by atoms with Gasteiger partial charge in [-0.1, -0.05) is 42.5 Å². The van der Waals surface area contributed by atoms with Gasteiger partial charge in [-0.15, -0.1) is 0 Å². The van der Waals surface area contributed by atoms with E-state index in [2.05, 4.69) is 0 Å². The van der Waals surface area contributed by atoms with E-state index >= 15 is 0 Å². The highest BCUT2D eigenvalue weighted by atomic mass is 16.5. The maximum atomic E-state index is 11.9. The quantitative estimate of drug-likeness (QED) is 0.910. The molecule has 4 heteroatoms. The molecule has 0 bridgehead atoms. The highest BCUT2D eigenvalue weighted by Gasteiger charge is 2.43. The van der Waals surface area contributed by atoms with Gasteiger partial charge in [0, 0.05) is 12.8 Å². The Bertz CT molecular complexity index is 726. The second-order valence-corrected chi connectivity index (χ2v) is 6.23. The van der Waals surface area contributed by atoms with Gasteiger partial charge in [0.05, 0.1) is 5.41 Å². The van der Waals surface area contributed by atoms with E-state index in [1.165, 1.54) is 0 Å². The normalized spacial score (nSPS) is 16.6. The van der Waals surface area contributed by atoms with Crippen LogP contribution in [-0.2, 0) is 21.6 Å². The summed E-state index contributed by atoms with van der Waals surface area (Å²) in [5, 5.41) is 9.78. The first kappa shape index (κ1) is 16.2. The lowest BCUT2D eigenvalue weighted by Gasteiger charge is -2.33. The fourth-order valence-electron chi connectivity index (χ4n) is 3.21. The summed E-state index contributed by atoms with van der Waals surface area (Å²) in [6, 6.07) is 17.1. The van der Waals surface area contributed by atoms with E-state index in [1.54, 1.807) is 6.07 Å². The highest BCUT2D eigenvalue weighted by molar-refractivity contribution is 5.87. The van der Waals surface area contributed by atoms with Gasteiger partial charge in [-0.05, 0) is 36.1 Å². The monoisotopic (exact) mass is 324 g/mol. The fraction of sp³-hybridized carbons (Fsp3) is 0.300. The summed E-state index contributed by atoms with van der Waals surface area (Å²) in [5.74, 6) is -0.0764. The number of carboxylic acids is 1. The zero-order valence-corrected chi connectivity index (χ0v) is 13.4. The van der Waals surface area contributed by atoms with Gasteiger partial charge in [0.25, 0.3) is 0 Å². The first-order valence-electron chi connectivity index (χ1n) is 8.12. The average Bonchev–Trinajstić information content (AvgIpc) is 2.62. The molecule has 0 atom stereocenters. The number of hydrogen-bond acceptors (Lipinski definition) is 3. The predicted octanol–water partition coefficient (Wildman–Crippen LogP) is 3.73. The Morgan fingerprint density at radius 2 is 1.75 bits per heavy atom. The Kier molecular flexibility index (Phi) is 4.65. The van der Waals surface area contributed by atoms with E-state index in [4.69, 9.17) is 4.74 Å². The molecular weight excluding hydrogens is 304 g/mol. The number of carbonyl (C=O) groups excluding carboxylic acids is 1. The number of hydrogen-bond donors (Lipinski definition) is 1. The first-order chi connectivity index (χ1) is 11.6. The molecular formula is C20H20O4. The van der Waals surface area contributed by atoms with Crippen molar-refractivity contribution in [3.63, 3.8) is 0 Å². The van der Waals surface area contributed by atoms with Crippen LogP contribution < -0.4 is 4.74 Å². The van der Waals surface area contributed by atoms with E-state index in [0.717, 1.165) is 5.56 Å². The molecule has 2 aromatic carbocycles. The van der Waals surface area contributed by atoms with Crippen LogP contribution in [-0.4, -0.2) is 16.9 Å². The molecule has 0 amide bonds. The van der Waals surface area contributed by atoms with Crippen molar-refractivity contribution in [2.45, 2.75) is 37.7 Å².